The first kappa shape index (κ1) is 14.8. The molecule has 1 amide bonds. The summed E-state index contributed by atoms with van der Waals surface area (Å²) in [7, 11) is 0. The minimum Gasteiger partial charge on any atom is -0.368 e. The van der Waals surface area contributed by atoms with Crippen LogP contribution in [0.2, 0.25) is 0 Å². The second-order valence-corrected chi connectivity index (χ2v) is 5.30. The van der Waals surface area contributed by atoms with Gasteiger partial charge >= 0.3 is 0 Å². The number of rotatable bonds is 3. The molecular formula is C15H24N4O. The van der Waals surface area contributed by atoms with E-state index < -0.39 is 0 Å². The Morgan fingerprint density at radius 2 is 2.15 bits per heavy atom. The van der Waals surface area contributed by atoms with Crippen LogP contribution >= 0.6 is 0 Å². The smallest absolute Gasteiger partial charge is 0.219 e. The molecule has 0 aliphatic carbocycles. The highest BCUT2D eigenvalue weighted by atomic mass is 16.2. The van der Waals surface area contributed by atoms with E-state index in [1.807, 2.05) is 17.2 Å². The monoisotopic (exact) mass is 276 g/mol. The zero-order chi connectivity index (χ0) is 14.5. The minimum atomic E-state index is 0.0152. The Labute approximate surface area is 120 Å². The molecule has 0 unspecified atom stereocenters. The minimum absolute atomic E-state index is 0.0152. The van der Waals surface area contributed by atoms with Crippen molar-refractivity contribution in [2.45, 2.75) is 32.7 Å². The van der Waals surface area contributed by atoms with E-state index >= 15 is 0 Å². The molecule has 20 heavy (non-hydrogen) atoms. The molecule has 0 bridgehead atoms. The van der Waals surface area contributed by atoms with Gasteiger partial charge in [-0.05, 0) is 25.0 Å². The van der Waals surface area contributed by atoms with Crippen LogP contribution in [0.15, 0.2) is 18.3 Å². The fourth-order valence-electron chi connectivity index (χ4n) is 2.50. The summed E-state index contributed by atoms with van der Waals surface area (Å²) >= 11 is 0. The number of carbonyl (C=O) groups is 1. The lowest BCUT2D eigenvalue weighted by Gasteiger charge is -2.23. The van der Waals surface area contributed by atoms with E-state index in [1.54, 1.807) is 6.92 Å². The number of hydrogen-bond donors (Lipinski definition) is 1. The van der Waals surface area contributed by atoms with E-state index in [0.29, 0.717) is 0 Å². The molecule has 0 aromatic carbocycles. The molecule has 1 aromatic rings. The second kappa shape index (κ2) is 6.70. The fraction of sp³-hybridized carbons (Fsp3) is 0.600. The standard InChI is InChI=1S/C15H24N4O/c1-3-14(16)15-6-5-13(11-17-15)19-8-4-7-18(9-10-19)12(2)20/h5-6,11,14H,3-4,7-10,16H2,1-2H3/t14-/m0/s1. The van der Waals surface area contributed by atoms with Crippen molar-refractivity contribution in [1.82, 2.24) is 9.88 Å². The van der Waals surface area contributed by atoms with Gasteiger partial charge in [-0.3, -0.25) is 9.78 Å². The Morgan fingerprint density at radius 3 is 2.75 bits per heavy atom. The number of pyridine rings is 1. The first-order chi connectivity index (χ1) is 9.61. The number of carbonyl (C=O) groups excluding carboxylic acids is 1. The number of nitrogens with two attached hydrogens (primary N) is 1. The van der Waals surface area contributed by atoms with Gasteiger partial charge in [0.25, 0.3) is 0 Å². The van der Waals surface area contributed by atoms with Gasteiger partial charge < -0.3 is 15.5 Å². The van der Waals surface area contributed by atoms with Crippen LogP contribution in [0.25, 0.3) is 0 Å². The molecule has 1 saturated heterocycles. The Balaban J connectivity index is 2.02. The Kier molecular flexibility index (Phi) is 4.95. The molecule has 0 radical (unpaired) electrons. The van der Waals surface area contributed by atoms with E-state index in [1.165, 1.54) is 0 Å². The molecule has 2 N–H and O–H groups in total. The first-order valence-corrected chi connectivity index (χ1v) is 7.33. The summed E-state index contributed by atoms with van der Waals surface area (Å²) in [6, 6.07) is 4.11. The lowest BCUT2D eigenvalue weighted by molar-refractivity contribution is -0.128. The number of hydrogen-bond acceptors (Lipinski definition) is 4. The molecule has 1 aliphatic rings. The van der Waals surface area contributed by atoms with Gasteiger partial charge in [0, 0.05) is 39.1 Å². The van der Waals surface area contributed by atoms with Crippen LogP contribution in [0.4, 0.5) is 5.69 Å². The van der Waals surface area contributed by atoms with Crippen molar-refractivity contribution >= 4 is 11.6 Å². The molecule has 2 heterocycles. The van der Waals surface area contributed by atoms with Crippen LogP contribution < -0.4 is 10.6 Å². The lowest BCUT2D eigenvalue weighted by Crippen LogP contribution is -2.33. The zero-order valence-corrected chi connectivity index (χ0v) is 12.4. The van der Waals surface area contributed by atoms with Gasteiger partial charge in [0.15, 0.2) is 0 Å². The van der Waals surface area contributed by atoms with Gasteiger partial charge in [0.2, 0.25) is 5.91 Å². The van der Waals surface area contributed by atoms with E-state index in [4.69, 9.17) is 5.73 Å². The quantitative estimate of drug-likeness (QED) is 0.910. The van der Waals surface area contributed by atoms with Crippen LogP contribution in [0.3, 0.4) is 0 Å². The molecule has 5 heteroatoms. The maximum absolute atomic E-state index is 11.4. The normalized spacial score (nSPS) is 17.8. The van der Waals surface area contributed by atoms with Crippen molar-refractivity contribution in [3.05, 3.63) is 24.0 Å². The van der Waals surface area contributed by atoms with Crippen LogP contribution in [-0.2, 0) is 4.79 Å². The third-order valence-corrected chi connectivity index (χ3v) is 3.90. The van der Waals surface area contributed by atoms with Gasteiger partial charge in [-0.2, -0.15) is 0 Å². The third kappa shape index (κ3) is 3.48. The highest BCUT2D eigenvalue weighted by molar-refractivity contribution is 5.73. The van der Waals surface area contributed by atoms with Gasteiger partial charge in [-0.15, -0.1) is 0 Å². The van der Waals surface area contributed by atoms with Gasteiger partial charge in [-0.1, -0.05) is 6.92 Å². The predicted octanol–water partition coefficient (Wildman–Crippen LogP) is 1.55. The van der Waals surface area contributed by atoms with E-state index in [-0.39, 0.29) is 11.9 Å². The average Bonchev–Trinajstić information content (AvgIpc) is 2.72. The topological polar surface area (TPSA) is 62.5 Å². The van der Waals surface area contributed by atoms with Crippen LogP contribution in [-0.4, -0.2) is 42.0 Å². The number of nitrogens with zero attached hydrogens (tertiary/aromatic N) is 3. The number of amides is 1. The molecule has 1 atom stereocenters. The summed E-state index contributed by atoms with van der Waals surface area (Å²) in [4.78, 5) is 20.1. The molecule has 0 saturated carbocycles. The molecule has 2 rings (SSSR count). The largest absolute Gasteiger partial charge is 0.368 e. The number of aromatic nitrogens is 1. The van der Waals surface area contributed by atoms with Crippen molar-refractivity contribution < 1.29 is 4.79 Å². The summed E-state index contributed by atoms with van der Waals surface area (Å²) in [5.41, 5.74) is 8.03. The van der Waals surface area contributed by atoms with Crippen molar-refractivity contribution in [2.24, 2.45) is 5.73 Å². The number of anilines is 1. The van der Waals surface area contributed by atoms with Crippen molar-refractivity contribution in [2.75, 3.05) is 31.1 Å². The predicted molar refractivity (Wildman–Crippen MR) is 80.5 cm³/mol. The SMILES string of the molecule is CC[C@H](N)c1ccc(N2CCCN(C(C)=O)CC2)cn1. The van der Waals surface area contributed by atoms with Crippen molar-refractivity contribution in [1.29, 1.82) is 0 Å². The summed E-state index contributed by atoms with van der Waals surface area (Å²) in [5.74, 6) is 0.161. The fourth-order valence-corrected chi connectivity index (χ4v) is 2.50. The molecule has 1 aliphatic heterocycles. The lowest BCUT2D eigenvalue weighted by atomic mass is 10.1. The highest BCUT2D eigenvalue weighted by Crippen LogP contribution is 2.18. The van der Waals surface area contributed by atoms with E-state index in [2.05, 4.69) is 22.9 Å². The van der Waals surface area contributed by atoms with Crippen LogP contribution in [0, 0.1) is 0 Å². The summed E-state index contributed by atoms with van der Waals surface area (Å²) < 4.78 is 0. The summed E-state index contributed by atoms with van der Waals surface area (Å²) in [6.07, 6.45) is 3.79. The summed E-state index contributed by atoms with van der Waals surface area (Å²) in [6.45, 7) is 7.15. The maximum atomic E-state index is 11.4. The average molecular weight is 276 g/mol. The molecule has 1 fully saturated rings. The zero-order valence-electron chi connectivity index (χ0n) is 12.4. The van der Waals surface area contributed by atoms with Crippen LogP contribution in [0.5, 0.6) is 0 Å². The van der Waals surface area contributed by atoms with E-state index in [9.17, 15) is 4.79 Å². The maximum Gasteiger partial charge on any atom is 0.219 e. The highest BCUT2D eigenvalue weighted by Gasteiger charge is 2.17. The second-order valence-electron chi connectivity index (χ2n) is 5.30. The van der Waals surface area contributed by atoms with Crippen molar-refractivity contribution in [3.8, 4) is 0 Å². The Morgan fingerprint density at radius 1 is 1.35 bits per heavy atom. The van der Waals surface area contributed by atoms with Crippen molar-refractivity contribution in [3.63, 3.8) is 0 Å². The third-order valence-electron chi connectivity index (χ3n) is 3.90. The summed E-state index contributed by atoms with van der Waals surface area (Å²) in [5, 5.41) is 0. The molecular weight excluding hydrogens is 252 g/mol. The molecule has 5 nitrogen and oxygen atoms in total. The van der Waals surface area contributed by atoms with Gasteiger partial charge in [0.05, 0.1) is 17.6 Å². The molecule has 110 valence electrons. The van der Waals surface area contributed by atoms with E-state index in [0.717, 1.165) is 50.4 Å². The first-order valence-electron chi connectivity index (χ1n) is 7.33. The molecule has 1 aromatic heterocycles. The van der Waals surface area contributed by atoms with Crippen LogP contribution in [0.1, 0.15) is 38.4 Å². The molecule has 0 spiro atoms. The van der Waals surface area contributed by atoms with Gasteiger partial charge in [-0.25, -0.2) is 0 Å². The Hall–Kier alpha value is -1.62. The van der Waals surface area contributed by atoms with Gasteiger partial charge in [0.1, 0.15) is 0 Å². The Bertz CT molecular complexity index is 446.